The maximum Gasteiger partial charge on any atom is 0.253 e. The van der Waals surface area contributed by atoms with Gasteiger partial charge < -0.3 is 11.1 Å². The highest BCUT2D eigenvalue weighted by Gasteiger charge is 2.08. The Morgan fingerprint density at radius 3 is 2.67 bits per heavy atom. The third kappa shape index (κ3) is 4.78. The largest absolute Gasteiger partial charge is 0.398 e. The van der Waals surface area contributed by atoms with Crippen molar-refractivity contribution in [3.8, 4) is 0 Å². The molecular weight excluding hydrogens is 224 g/mol. The van der Waals surface area contributed by atoms with Gasteiger partial charge in [0, 0.05) is 12.2 Å². The number of hydrogen-bond acceptors (Lipinski definition) is 2. The van der Waals surface area contributed by atoms with Crippen LogP contribution in [0.5, 0.6) is 0 Å². The third-order valence-electron chi connectivity index (χ3n) is 2.95. The smallest absolute Gasteiger partial charge is 0.253 e. The van der Waals surface area contributed by atoms with Gasteiger partial charge in [0.25, 0.3) is 5.91 Å². The summed E-state index contributed by atoms with van der Waals surface area (Å²) in [5.41, 5.74) is 8.03. The van der Waals surface area contributed by atoms with Crippen LogP contribution in [0.3, 0.4) is 0 Å². The van der Waals surface area contributed by atoms with Crippen molar-refractivity contribution in [1.82, 2.24) is 5.32 Å². The van der Waals surface area contributed by atoms with E-state index < -0.39 is 0 Å². The van der Waals surface area contributed by atoms with E-state index in [1.165, 1.54) is 6.42 Å². The normalized spacial score (nSPS) is 10.7. The highest BCUT2D eigenvalue weighted by molar-refractivity contribution is 5.99. The molecule has 0 saturated heterocycles. The summed E-state index contributed by atoms with van der Waals surface area (Å²) in [4.78, 5) is 11.9. The summed E-state index contributed by atoms with van der Waals surface area (Å²) in [6.07, 6.45) is 3.39. The Morgan fingerprint density at radius 1 is 1.33 bits per heavy atom. The Kier molecular flexibility index (Phi) is 5.69. The molecule has 1 amide bonds. The van der Waals surface area contributed by atoms with Gasteiger partial charge in [-0.2, -0.15) is 0 Å². The fourth-order valence-corrected chi connectivity index (χ4v) is 1.86. The molecule has 1 rings (SSSR count). The molecule has 3 heteroatoms. The number of nitrogens with one attached hydrogen (secondary N) is 1. The van der Waals surface area contributed by atoms with Gasteiger partial charge in [0.2, 0.25) is 0 Å². The molecule has 1 aromatic rings. The molecule has 1 aromatic carbocycles. The van der Waals surface area contributed by atoms with Crippen LogP contribution in [-0.2, 0) is 0 Å². The minimum atomic E-state index is -0.0722. The van der Waals surface area contributed by atoms with E-state index in [-0.39, 0.29) is 5.91 Å². The van der Waals surface area contributed by atoms with E-state index in [1.54, 1.807) is 6.07 Å². The van der Waals surface area contributed by atoms with Crippen LogP contribution in [0.25, 0.3) is 0 Å². The van der Waals surface area contributed by atoms with Crippen LogP contribution < -0.4 is 11.1 Å². The van der Waals surface area contributed by atoms with Gasteiger partial charge in [0.15, 0.2) is 0 Å². The van der Waals surface area contributed by atoms with Gasteiger partial charge >= 0.3 is 0 Å². The van der Waals surface area contributed by atoms with Gasteiger partial charge in [0.05, 0.1) is 5.56 Å². The van der Waals surface area contributed by atoms with E-state index in [1.807, 2.05) is 19.1 Å². The van der Waals surface area contributed by atoms with Crippen LogP contribution in [-0.4, -0.2) is 12.5 Å². The molecule has 0 saturated carbocycles. The summed E-state index contributed by atoms with van der Waals surface area (Å²) < 4.78 is 0. The van der Waals surface area contributed by atoms with Crippen molar-refractivity contribution < 1.29 is 4.79 Å². The highest BCUT2D eigenvalue weighted by Crippen LogP contribution is 2.13. The Hall–Kier alpha value is -1.51. The number of nitrogens with two attached hydrogens (primary N) is 1. The lowest BCUT2D eigenvalue weighted by molar-refractivity contribution is 0.0954. The highest BCUT2D eigenvalue weighted by atomic mass is 16.1. The lowest BCUT2D eigenvalue weighted by Gasteiger charge is -2.08. The van der Waals surface area contributed by atoms with Gasteiger partial charge in [-0.3, -0.25) is 4.79 Å². The molecular formula is C15H24N2O. The van der Waals surface area contributed by atoms with E-state index >= 15 is 0 Å². The van der Waals surface area contributed by atoms with Crippen molar-refractivity contribution in [2.75, 3.05) is 12.3 Å². The lowest BCUT2D eigenvalue weighted by atomic mass is 10.1. The maximum atomic E-state index is 11.9. The Morgan fingerprint density at radius 2 is 2.06 bits per heavy atom. The molecule has 0 aliphatic heterocycles. The van der Waals surface area contributed by atoms with E-state index in [0.717, 1.165) is 30.9 Å². The SMILES string of the molecule is Cc1ccc(C(=O)NCCCCC(C)C)c(N)c1. The zero-order valence-electron chi connectivity index (χ0n) is 11.6. The number of rotatable bonds is 6. The monoisotopic (exact) mass is 248 g/mol. The second-order valence-electron chi connectivity index (χ2n) is 5.24. The van der Waals surface area contributed by atoms with Crippen LogP contribution in [0, 0.1) is 12.8 Å². The first-order valence-electron chi connectivity index (χ1n) is 6.65. The molecule has 0 aliphatic rings. The minimum absolute atomic E-state index is 0.0722. The zero-order chi connectivity index (χ0) is 13.5. The van der Waals surface area contributed by atoms with Crippen molar-refractivity contribution in [3.05, 3.63) is 29.3 Å². The molecule has 100 valence electrons. The number of nitrogen functional groups attached to an aromatic ring is 1. The van der Waals surface area contributed by atoms with E-state index in [4.69, 9.17) is 5.73 Å². The van der Waals surface area contributed by atoms with Crippen molar-refractivity contribution >= 4 is 11.6 Å². The average molecular weight is 248 g/mol. The van der Waals surface area contributed by atoms with Crippen LogP contribution >= 0.6 is 0 Å². The third-order valence-corrected chi connectivity index (χ3v) is 2.95. The standard InChI is InChI=1S/C15H24N2O/c1-11(2)6-4-5-9-17-15(18)13-8-7-12(3)10-14(13)16/h7-8,10-11H,4-6,9,16H2,1-3H3,(H,17,18). The Balaban J connectivity index is 2.36. The van der Waals surface area contributed by atoms with E-state index in [2.05, 4.69) is 19.2 Å². The van der Waals surface area contributed by atoms with Gasteiger partial charge in [-0.15, -0.1) is 0 Å². The second-order valence-corrected chi connectivity index (χ2v) is 5.24. The topological polar surface area (TPSA) is 55.1 Å². The summed E-state index contributed by atoms with van der Waals surface area (Å²) >= 11 is 0. The minimum Gasteiger partial charge on any atom is -0.398 e. The van der Waals surface area contributed by atoms with Crippen LogP contribution in [0.15, 0.2) is 18.2 Å². The molecule has 0 bridgehead atoms. The number of benzene rings is 1. The predicted octanol–water partition coefficient (Wildman–Crippen LogP) is 3.13. The Labute approximate surface area is 110 Å². The number of hydrogen-bond donors (Lipinski definition) is 2. The first-order chi connectivity index (χ1) is 8.50. The van der Waals surface area contributed by atoms with Crippen LogP contribution in [0.4, 0.5) is 5.69 Å². The fourth-order valence-electron chi connectivity index (χ4n) is 1.86. The predicted molar refractivity (Wildman–Crippen MR) is 76.6 cm³/mol. The number of aryl methyl sites for hydroxylation is 1. The molecule has 0 atom stereocenters. The van der Waals surface area contributed by atoms with Gasteiger partial charge in [0.1, 0.15) is 0 Å². The molecule has 3 N–H and O–H groups in total. The molecule has 0 unspecified atom stereocenters. The molecule has 0 heterocycles. The van der Waals surface area contributed by atoms with E-state index in [0.29, 0.717) is 11.3 Å². The van der Waals surface area contributed by atoms with Crippen molar-refractivity contribution in [2.45, 2.75) is 40.0 Å². The number of carbonyl (C=O) groups excluding carboxylic acids is 1. The number of carbonyl (C=O) groups is 1. The first-order valence-corrected chi connectivity index (χ1v) is 6.65. The summed E-state index contributed by atoms with van der Waals surface area (Å²) in [5, 5.41) is 2.91. The molecule has 0 aromatic heterocycles. The van der Waals surface area contributed by atoms with Crippen LogP contribution in [0.2, 0.25) is 0 Å². The summed E-state index contributed by atoms with van der Waals surface area (Å²) in [7, 11) is 0. The molecule has 0 fully saturated rings. The van der Waals surface area contributed by atoms with Crippen molar-refractivity contribution in [2.24, 2.45) is 5.92 Å². The maximum absolute atomic E-state index is 11.9. The van der Waals surface area contributed by atoms with Gasteiger partial charge in [-0.1, -0.05) is 32.8 Å². The summed E-state index contributed by atoms with van der Waals surface area (Å²) in [6.45, 7) is 7.11. The molecule has 0 radical (unpaired) electrons. The molecule has 0 aliphatic carbocycles. The molecule has 18 heavy (non-hydrogen) atoms. The number of anilines is 1. The quantitative estimate of drug-likeness (QED) is 0.600. The molecule has 3 nitrogen and oxygen atoms in total. The number of amides is 1. The first kappa shape index (κ1) is 14.6. The summed E-state index contributed by atoms with van der Waals surface area (Å²) in [6, 6.07) is 5.52. The Bertz CT molecular complexity index is 399. The van der Waals surface area contributed by atoms with E-state index in [9.17, 15) is 4.79 Å². The number of unbranched alkanes of at least 4 members (excludes halogenated alkanes) is 1. The molecule has 0 spiro atoms. The van der Waals surface area contributed by atoms with Crippen molar-refractivity contribution in [3.63, 3.8) is 0 Å². The van der Waals surface area contributed by atoms with Gasteiger partial charge in [-0.25, -0.2) is 0 Å². The van der Waals surface area contributed by atoms with Crippen molar-refractivity contribution in [1.29, 1.82) is 0 Å². The van der Waals surface area contributed by atoms with Crippen LogP contribution in [0.1, 0.15) is 49.0 Å². The lowest BCUT2D eigenvalue weighted by Crippen LogP contribution is -2.25. The van der Waals surface area contributed by atoms with Gasteiger partial charge in [-0.05, 0) is 37.0 Å². The average Bonchev–Trinajstić information content (AvgIpc) is 2.27. The second kappa shape index (κ2) is 7.04. The summed E-state index contributed by atoms with van der Waals surface area (Å²) in [5.74, 6) is 0.658. The zero-order valence-corrected chi connectivity index (χ0v) is 11.6. The fraction of sp³-hybridized carbons (Fsp3) is 0.533.